The van der Waals surface area contributed by atoms with Gasteiger partial charge >= 0.3 is 0 Å². The Balaban J connectivity index is 2.32. The molecule has 0 fully saturated rings. The molecule has 0 bridgehead atoms. The van der Waals surface area contributed by atoms with Gasteiger partial charge in [-0.3, -0.25) is 0 Å². The highest BCUT2D eigenvalue weighted by Gasteiger charge is 2.00. The van der Waals surface area contributed by atoms with E-state index in [1.54, 1.807) is 7.11 Å². The van der Waals surface area contributed by atoms with Crippen molar-refractivity contribution in [2.24, 2.45) is 5.92 Å². The first kappa shape index (κ1) is 14.7. The third-order valence-electron chi connectivity index (χ3n) is 2.63. The lowest BCUT2D eigenvalue weighted by Gasteiger charge is -2.09. The predicted molar refractivity (Wildman–Crippen MR) is 72.7 cm³/mol. The highest BCUT2D eigenvalue weighted by molar-refractivity contribution is 5.26. The number of hydrogen-bond donors (Lipinski definition) is 1. The summed E-state index contributed by atoms with van der Waals surface area (Å²) in [6, 6.07) is 7.85. The fourth-order valence-corrected chi connectivity index (χ4v) is 1.67. The number of ether oxygens (including phenoxy) is 2. The van der Waals surface area contributed by atoms with Crippen LogP contribution in [0.5, 0.6) is 5.75 Å². The second-order valence-corrected chi connectivity index (χ2v) is 4.51. The molecule has 0 saturated carbocycles. The van der Waals surface area contributed by atoms with Crippen molar-refractivity contribution in [1.29, 1.82) is 0 Å². The number of benzene rings is 1. The zero-order valence-corrected chi connectivity index (χ0v) is 11.3. The van der Waals surface area contributed by atoms with Crippen LogP contribution in [0.4, 0.5) is 0 Å². The molecule has 0 aliphatic carbocycles. The van der Waals surface area contributed by atoms with Crippen LogP contribution in [0.1, 0.15) is 19.4 Å². The molecule has 1 N–H and O–H groups in total. The first-order valence-corrected chi connectivity index (χ1v) is 6.14. The van der Waals surface area contributed by atoms with Gasteiger partial charge in [0.1, 0.15) is 5.75 Å². The number of methoxy groups -OCH3 is 1. The molecular weight excluding hydrogens is 228 g/mol. The van der Waals surface area contributed by atoms with Gasteiger partial charge in [0.05, 0.1) is 26.9 Å². The summed E-state index contributed by atoms with van der Waals surface area (Å²) in [7, 11) is 1.66. The van der Waals surface area contributed by atoms with Crippen LogP contribution in [-0.4, -0.2) is 25.4 Å². The lowest BCUT2D eigenvalue weighted by Crippen LogP contribution is -2.04. The maximum Gasteiger partial charge on any atom is 0.118 e. The molecule has 0 radical (unpaired) electrons. The molecular formula is C15H22O3. The van der Waals surface area contributed by atoms with E-state index in [4.69, 9.17) is 14.6 Å². The van der Waals surface area contributed by atoms with E-state index in [0.29, 0.717) is 19.1 Å². The van der Waals surface area contributed by atoms with E-state index < -0.39 is 0 Å². The van der Waals surface area contributed by atoms with Crippen molar-refractivity contribution in [2.75, 3.05) is 20.3 Å². The molecule has 100 valence electrons. The number of aliphatic hydroxyl groups is 1. The third kappa shape index (κ3) is 5.34. The molecule has 0 aliphatic rings. The zero-order valence-electron chi connectivity index (χ0n) is 11.3. The third-order valence-corrected chi connectivity index (χ3v) is 2.63. The Bertz CT molecular complexity index is 368. The standard InChI is InChI=1S/C15H22O3/c1-12(9-16)8-13(2)10-18-11-14-4-6-15(17-3)7-5-14/h4-8,13,16H,9-11H2,1-3H3/b12-8+/t13-/m1/s1. The topological polar surface area (TPSA) is 38.7 Å². The maximum absolute atomic E-state index is 8.92. The molecule has 3 heteroatoms. The highest BCUT2D eigenvalue weighted by atomic mass is 16.5. The van der Waals surface area contributed by atoms with Crippen LogP contribution in [0.25, 0.3) is 0 Å². The van der Waals surface area contributed by atoms with Gasteiger partial charge in [0, 0.05) is 0 Å². The van der Waals surface area contributed by atoms with Crippen LogP contribution >= 0.6 is 0 Å². The summed E-state index contributed by atoms with van der Waals surface area (Å²) < 4.78 is 10.7. The normalized spacial score (nSPS) is 13.4. The minimum atomic E-state index is 0.114. The Morgan fingerprint density at radius 1 is 1.33 bits per heavy atom. The quantitative estimate of drug-likeness (QED) is 0.756. The van der Waals surface area contributed by atoms with Crippen molar-refractivity contribution in [3.8, 4) is 5.75 Å². The van der Waals surface area contributed by atoms with Gasteiger partial charge in [0.25, 0.3) is 0 Å². The van der Waals surface area contributed by atoms with Crippen LogP contribution in [0.2, 0.25) is 0 Å². The predicted octanol–water partition coefficient (Wildman–Crippen LogP) is 2.79. The lowest BCUT2D eigenvalue weighted by molar-refractivity contribution is 0.103. The molecule has 0 spiro atoms. The van der Waals surface area contributed by atoms with Crippen LogP contribution in [0.3, 0.4) is 0 Å². The van der Waals surface area contributed by atoms with E-state index in [0.717, 1.165) is 16.9 Å². The molecule has 0 amide bonds. The van der Waals surface area contributed by atoms with Crippen molar-refractivity contribution in [2.45, 2.75) is 20.5 Å². The van der Waals surface area contributed by atoms with Crippen LogP contribution < -0.4 is 4.74 Å². The Morgan fingerprint density at radius 3 is 2.56 bits per heavy atom. The SMILES string of the molecule is COc1ccc(COC[C@H](C)/C=C(\C)CO)cc1. The summed E-state index contributed by atoms with van der Waals surface area (Å²) in [6.45, 7) is 5.36. The summed E-state index contributed by atoms with van der Waals surface area (Å²) in [5.41, 5.74) is 2.11. The fraction of sp³-hybridized carbons (Fsp3) is 0.467. The summed E-state index contributed by atoms with van der Waals surface area (Å²) in [6.07, 6.45) is 2.04. The monoisotopic (exact) mass is 250 g/mol. The average Bonchev–Trinajstić information content (AvgIpc) is 2.39. The van der Waals surface area contributed by atoms with Crippen molar-refractivity contribution in [1.82, 2.24) is 0 Å². The Kier molecular flexibility index (Phi) is 6.47. The second-order valence-electron chi connectivity index (χ2n) is 4.51. The first-order valence-electron chi connectivity index (χ1n) is 6.14. The van der Waals surface area contributed by atoms with E-state index in [1.807, 2.05) is 37.3 Å². The summed E-state index contributed by atoms with van der Waals surface area (Å²) in [4.78, 5) is 0. The van der Waals surface area contributed by atoms with Gasteiger partial charge in [-0.15, -0.1) is 0 Å². The van der Waals surface area contributed by atoms with E-state index in [1.165, 1.54) is 0 Å². The average molecular weight is 250 g/mol. The van der Waals surface area contributed by atoms with E-state index in [-0.39, 0.29) is 6.61 Å². The van der Waals surface area contributed by atoms with Crippen molar-refractivity contribution >= 4 is 0 Å². The smallest absolute Gasteiger partial charge is 0.118 e. The summed E-state index contributed by atoms with van der Waals surface area (Å²) in [5.74, 6) is 1.17. The molecule has 0 unspecified atom stereocenters. The molecule has 0 heterocycles. The highest BCUT2D eigenvalue weighted by Crippen LogP contribution is 2.12. The number of aliphatic hydroxyl groups excluding tert-OH is 1. The summed E-state index contributed by atoms with van der Waals surface area (Å²) >= 11 is 0. The van der Waals surface area contributed by atoms with Gasteiger partial charge in [-0.25, -0.2) is 0 Å². The zero-order chi connectivity index (χ0) is 13.4. The molecule has 1 aromatic rings. The van der Waals surface area contributed by atoms with Crippen molar-refractivity contribution < 1.29 is 14.6 Å². The van der Waals surface area contributed by atoms with Crippen LogP contribution in [-0.2, 0) is 11.3 Å². The maximum atomic E-state index is 8.92. The summed E-state index contributed by atoms with van der Waals surface area (Å²) in [5, 5.41) is 8.92. The molecule has 0 aliphatic heterocycles. The van der Waals surface area contributed by atoms with Crippen molar-refractivity contribution in [3.05, 3.63) is 41.5 Å². The molecule has 0 aromatic heterocycles. The minimum Gasteiger partial charge on any atom is -0.497 e. The Hall–Kier alpha value is -1.32. The molecule has 3 nitrogen and oxygen atoms in total. The molecule has 18 heavy (non-hydrogen) atoms. The minimum absolute atomic E-state index is 0.114. The lowest BCUT2D eigenvalue weighted by atomic mass is 10.1. The van der Waals surface area contributed by atoms with E-state index in [2.05, 4.69) is 6.92 Å². The van der Waals surface area contributed by atoms with Gasteiger partial charge in [-0.2, -0.15) is 0 Å². The van der Waals surface area contributed by atoms with Gasteiger partial charge in [0.2, 0.25) is 0 Å². The number of rotatable bonds is 7. The molecule has 1 rings (SSSR count). The van der Waals surface area contributed by atoms with Gasteiger partial charge in [-0.05, 0) is 30.5 Å². The van der Waals surface area contributed by atoms with E-state index >= 15 is 0 Å². The van der Waals surface area contributed by atoms with E-state index in [9.17, 15) is 0 Å². The van der Waals surface area contributed by atoms with Crippen LogP contribution in [0, 0.1) is 5.92 Å². The van der Waals surface area contributed by atoms with Gasteiger partial charge in [0.15, 0.2) is 0 Å². The Labute approximate surface area is 109 Å². The number of hydrogen-bond acceptors (Lipinski definition) is 3. The first-order chi connectivity index (χ1) is 8.65. The fourth-order valence-electron chi connectivity index (χ4n) is 1.67. The molecule has 1 aromatic carbocycles. The van der Waals surface area contributed by atoms with Crippen LogP contribution in [0.15, 0.2) is 35.9 Å². The van der Waals surface area contributed by atoms with Gasteiger partial charge < -0.3 is 14.6 Å². The van der Waals surface area contributed by atoms with Crippen molar-refractivity contribution in [3.63, 3.8) is 0 Å². The molecule has 0 saturated heterocycles. The Morgan fingerprint density at radius 2 is 2.00 bits per heavy atom. The largest absolute Gasteiger partial charge is 0.497 e. The van der Waals surface area contributed by atoms with Gasteiger partial charge in [-0.1, -0.05) is 30.7 Å². The second kappa shape index (κ2) is 7.90. The molecule has 1 atom stereocenters.